The predicted molar refractivity (Wildman–Crippen MR) is 71.9 cm³/mol. The third kappa shape index (κ3) is 6.28. The molecule has 1 unspecified atom stereocenters. The summed E-state index contributed by atoms with van der Waals surface area (Å²) in [6.07, 6.45) is -0.454. The summed E-state index contributed by atoms with van der Waals surface area (Å²) in [5.41, 5.74) is 1.01. The fourth-order valence-electron chi connectivity index (χ4n) is 1.48. The van der Waals surface area contributed by atoms with E-state index in [1.807, 2.05) is 13.8 Å². The summed E-state index contributed by atoms with van der Waals surface area (Å²) in [5.74, 6) is 0. The van der Waals surface area contributed by atoms with Crippen molar-refractivity contribution in [2.75, 3.05) is 13.2 Å². The third-order valence-electron chi connectivity index (χ3n) is 2.48. The van der Waals surface area contributed by atoms with Crippen LogP contribution in [0.25, 0.3) is 0 Å². The first-order valence-electron chi connectivity index (χ1n) is 6.22. The van der Waals surface area contributed by atoms with E-state index in [-0.39, 0.29) is 11.8 Å². The normalized spacial score (nSPS) is 12.6. The Balaban J connectivity index is 2.27. The summed E-state index contributed by atoms with van der Waals surface area (Å²) >= 11 is 0. The molecule has 6 heteroatoms. The van der Waals surface area contributed by atoms with E-state index in [1.165, 1.54) is 12.1 Å². The van der Waals surface area contributed by atoms with E-state index < -0.39 is 11.0 Å². The van der Waals surface area contributed by atoms with Crippen molar-refractivity contribution in [1.29, 1.82) is 0 Å². The molecule has 0 amide bonds. The molecule has 2 N–H and O–H groups in total. The van der Waals surface area contributed by atoms with Gasteiger partial charge in [0.05, 0.1) is 23.7 Å². The molecule has 0 fully saturated rings. The van der Waals surface area contributed by atoms with Crippen molar-refractivity contribution >= 4 is 5.69 Å². The lowest BCUT2D eigenvalue weighted by Crippen LogP contribution is -2.31. The highest BCUT2D eigenvalue weighted by molar-refractivity contribution is 5.32. The van der Waals surface area contributed by atoms with Crippen molar-refractivity contribution in [1.82, 2.24) is 5.32 Å². The maximum absolute atomic E-state index is 10.5. The Morgan fingerprint density at radius 3 is 2.53 bits per heavy atom. The van der Waals surface area contributed by atoms with Gasteiger partial charge >= 0.3 is 0 Å². The van der Waals surface area contributed by atoms with Crippen LogP contribution in [0.4, 0.5) is 5.69 Å². The Hall–Kier alpha value is -1.50. The molecule has 0 bridgehead atoms. The number of ether oxygens (including phenoxy) is 1. The third-order valence-corrected chi connectivity index (χ3v) is 2.48. The molecule has 0 aromatic heterocycles. The van der Waals surface area contributed by atoms with Crippen LogP contribution < -0.4 is 5.32 Å². The zero-order valence-electron chi connectivity index (χ0n) is 11.2. The molecule has 0 heterocycles. The van der Waals surface area contributed by atoms with Gasteiger partial charge in [-0.15, -0.1) is 0 Å². The summed E-state index contributed by atoms with van der Waals surface area (Å²) in [7, 11) is 0. The van der Waals surface area contributed by atoms with Gasteiger partial charge in [-0.3, -0.25) is 10.1 Å². The number of hydrogen-bond donors (Lipinski definition) is 2. The molecule has 0 saturated heterocycles. The summed E-state index contributed by atoms with van der Waals surface area (Å²) in [5, 5.41) is 23.2. The lowest BCUT2D eigenvalue weighted by molar-refractivity contribution is -0.384. The maximum atomic E-state index is 10.5. The second-order valence-corrected chi connectivity index (χ2v) is 4.59. The standard InChI is InChI=1S/C13H20N2O4/c1-10(2)19-9-13(16)8-14-7-11-3-5-12(6-4-11)15(17)18/h3-6,10,13-14,16H,7-9H2,1-2H3. The smallest absolute Gasteiger partial charge is 0.269 e. The minimum absolute atomic E-state index is 0.0779. The van der Waals surface area contributed by atoms with Gasteiger partial charge in [0, 0.05) is 25.2 Å². The molecule has 0 radical (unpaired) electrons. The van der Waals surface area contributed by atoms with Gasteiger partial charge in [-0.2, -0.15) is 0 Å². The molecule has 6 nitrogen and oxygen atoms in total. The lowest BCUT2D eigenvalue weighted by Gasteiger charge is -2.14. The number of non-ortho nitro benzene ring substituents is 1. The molecule has 1 rings (SSSR count). The summed E-state index contributed by atoms with van der Waals surface area (Å²) < 4.78 is 5.28. The van der Waals surface area contributed by atoms with Crippen LogP contribution in [0, 0.1) is 10.1 Å². The van der Waals surface area contributed by atoms with E-state index in [0.717, 1.165) is 5.56 Å². The fourth-order valence-corrected chi connectivity index (χ4v) is 1.48. The number of nitrogens with one attached hydrogen (secondary N) is 1. The molecule has 0 aliphatic heterocycles. The van der Waals surface area contributed by atoms with Crippen LogP contribution in [0.1, 0.15) is 19.4 Å². The number of hydrogen-bond acceptors (Lipinski definition) is 5. The van der Waals surface area contributed by atoms with E-state index in [1.54, 1.807) is 12.1 Å². The van der Waals surface area contributed by atoms with Gasteiger partial charge in [0.1, 0.15) is 0 Å². The SMILES string of the molecule is CC(C)OCC(O)CNCc1ccc([N+](=O)[O-])cc1. The van der Waals surface area contributed by atoms with Crippen LogP contribution in [0.3, 0.4) is 0 Å². The highest BCUT2D eigenvalue weighted by Gasteiger charge is 2.06. The average Bonchev–Trinajstić information content (AvgIpc) is 2.37. The lowest BCUT2D eigenvalue weighted by atomic mass is 10.2. The van der Waals surface area contributed by atoms with Gasteiger partial charge in [-0.25, -0.2) is 0 Å². The quantitative estimate of drug-likeness (QED) is 0.551. The largest absolute Gasteiger partial charge is 0.389 e. The molecule has 0 aliphatic carbocycles. The average molecular weight is 268 g/mol. The Morgan fingerprint density at radius 2 is 2.00 bits per heavy atom. The topological polar surface area (TPSA) is 84.6 Å². The monoisotopic (exact) mass is 268 g/mol. The highest BCUT2D eigenvalue weighted by Crippen LogP contribution is 2.11. The predicted octanol–water partition coefficient (Wildman–Crippen LogP) is 1.47. The van der Waals surface area contributed by atoms with Crippen LogP contribution >= 0.6 is 0 Å². The van der Waals surface area contributed by atoms with Crippen LogP contribution in [-0.2, 0) is 11.3 Å². The Bertz CT molecular complexity index is 392. The van der Waals surface area contributed by atoms with Gasteiger partial charge in [0.25, 0.3) is 5.69 Å². The van der Waals surface area contributed by atoms with Crippen molar-refractivity contribution in [3.05, 3.63) is 39.9 Å². The van der Waals surface area contributed by atoms with Crippen LogP contribution in [0.2, 0.25) is 0 Å². The second kappa shape index (κ2) is 7.83. The number of nitro benzene ring substituents is 1. The van der Waals surface area contributed by atoms with Crippen molar-refractivity contribution in [2.24, 2.45) is 0 Å². The first-order chi connectivity index (χ1) is 8.99. The number of nitro groups is 1. The zero-order chi connectivity index (χ0) is 14.3. The number of benzene rings is 1. The van der Waals surface area contributed by atoms with E-state index in [9.17, 15) is 15.2 Å². The molecule has 0 saturated carbocycles. The van der Waals surface area contributed by atoms with Crippen LogP contribution in [-0.4, -0.2) is 35.4 Å². The summed E-state index contributed by atoms with van der Waals surface area (Å²) in [6.45, 7) is 5.10. The maximum Gasteiger partial charge on any atom is 0.269 e. The summed E-state index contributed by atoms with van der Waals surface area (Å²) in [4.78, 5) is 10.1. The van der Waals surface area contributed by atoms with E-state index in [2.05, 4.69) is 5.32 Å². The minimum Gasteiger partial charge on any atom is -0.389 e. The van der Waals surface area contributed by atoms with Gasteiger partial charge in [-0.05, 0) is 19.4 Å². The van der Waals surface area contributed by atoms with Crippen molar-refractivity contribution < 1.29 is 14.8 Å². The molecular weight excluding hydrogens is 248 g/mol. The van der Waals surface area contributed by atoms with Crippen LogP contribution in [0.5, 0.6) is 0 Å². The molecule has 19 heavy (non-hydrogen) atoms. The molecule has 1 aromatic carbocycles. The molecule has 106 valence electrons. The first-order valence-corrected chi connectivity index (χ1v) is 6.22. The van der Waals surface area contributed by atoms with E-state index in [0.29, 0.717) is 19.7 Å². The molecule has 0 spiro atoms. The van der Waals surface area contributed by atoms with Crippen LogP contribution in [0.15, 0.2) is 24.3 Å². The molecule has 0 aliphatic rings. The van der Waals surface area contributed by atoms with E-state index in [4.69, 9.17) is 4.74 Å². The van der Waals surface area contributed by atoms with Crippen molar-refractivity contribution in [3.8, 4) is 0 Å². The molecular formula is C13H20N2O4. The van der Waals surface area contributed by atoms with Gasteiger partial charge in [-0.1, -0.05) is 12.1 Å². The zero-order valence-corrected chi connectivity index (χ0v) is 11.2. The number of rotatable bonds is 8. The van der Waals surface area contributed by atoms with E-state index >= 15 is 0 Å². The molecule has 1 aromatic rings. The number of nitrogens with zero attached hydrogens (tertiary/aromatic N) is 1. The Labute approximate surface area is 112 Å². The number of aliphatic hydroxyl groups is 1. The first kappa shape index (κ1) is 15.6. The fraction of sp³-hybridized carbons (Fsp3) is 0.538. The van der Waals surface area contributed by atoms with Crippen molar-refractivity contribution in [2.45, 2.75) is 32.6 Å². The summed E-state index contributed by atoms with van der Waals surface area (Å²) in [6, 6.07) is 6.33. The van der Waals surface area contributed by atoms with Gasteiger partial charge in [0.15, 0.2) is 0 Å². The van der Waals surface area contributed by atoms with Gasteiger partial charge in [0.2, 0.25) is 0 Å². The second-order valence-electron chi connectivity index (χ2n) is 4.59. The molecule has 1 atom stereocenters. The number of aliphatic hydroxyl groups excluding tert-OH is 1. The van der Waals surface area contributed by atoms with Gasteiger partial charge < -0.3 is 15.2 Å². The Morgan fingerprint density at radius 1 is 1.37 bits per heavy atom. The minimum atomic E-state index is -0.555. The highest BCUT2D eigenvalue weighted by atomic mass is 16.6. The Kier molecular flexibility index (Phi) is 6.41. The van der Waals surface area contributed by atoms with Crippen molar-refractivity contribution in [3.63, 3.8) is 0 Å².